The minimum atomic E-state index is -0.0464. The molecule has 1 aromatic rings. The number of carbonyl (C=O) groups is 1. The van der Waals surface area contributed by atoms with Gasteiger partial charge in [0.1, 0.15) is 12.9 Å². The fourth-order valence-electron chi connectivity index (χ4n) is 1.79. The lowest BCUT2D eigenvalue weighted by molar-refractivity contribution is -0.122. The molecule has 1 rings (SSSR count). The summed E-state index contributed by atoms with van der Waals surface area (Å²) in [6.07, 6.45) is 6.14. The molecular formula is C12H23N5O. The molecule has 0 saturated carbocycles. The molecule has 0 bridgehead atoms. The molecular weight excluding hydrogens is 230 g/mol. The van der Waals surface area contributed by atoms with E-state index in [-0.39, 0.29) is 18.4 Å². The first kappa shape index (κ1) is 14.5. The third-order valence-electron chi connectivity index (χ3n) is 2.99. The number of unbranched alkanes of at least 4 members (excludes halogenated alkanes) is 1. The number of amides is 1. The van der Waals surface area contributed by atoms with Crippen molar-refractivity contribution < 1.29 is 4.79 Å². The summed E-state index contributed by atoms with van der Waals surface area (Å²) in [5.74, 6) is 0.710. The Balaban J connectivity index is 2.27. The smallest absolute Gasteiger partial charge is 0.241 e. The number of carbonyl (C=O) groups excluding carboxylic acids is 1. The number of hydrogen-bond donors (Lipinski definition) is 2. The van der Waals surface area contributed by atoms with Gasteiger partial charge in [0.15, 0.2) is 0 Å². The van der Waals surface area contributed by atoms with Crippen LogP contribution in [0.5, 0.6) is 0 Å². The Morgan fingerprint density at radius 1 is 1.56 bits per heavy atom. The van der Waals surface area contributed by atoms with Gasteiger partial charge in [0.2, 0.25) is 11.9 Å². The Kier molecular flexibility index (Phi) is 6.18. The molecule has 0 spiro atoms. The van der Waals surface area contributed by atoms with E-state index in [1.807, 2.05) is 0 Å². The van der Waals surface area contributed by atoms with Gasteiger partial charge in [-0.3, -0.25) is 4.79 Å². The Bertz CT molecular complexity index is 363. The number of hydrogen-bond acceptors (Lipinski definition) is 4. The summed E-state index contributed by atoms with van der Waals surface area (Å²) in [5.41, 5.74) is 5.38. The highest BCUT2D eigenvalue weighted by Gasteiger charge is 2.09. The normalized spacial score (nSPS) is 12.3. The van der Waals surface area contributed by atoms with Crippen LogP contribution in [0.2, 0.25) is 0 Å². The summed E-state index contributed by atoms with van der Waals surface area (Å²) in [4.78, 5) is 15.4. The van der Waals surface area contributed by atoms with E-state index in [4.69, 9.17) is 5.73 Å². The zero-order chi connectivity index (χ0) is 13.4. The molecule has 102 valence electrons. The summed E-state index contributed by atoms with van der Waals surface area (Å²) in [6.45, 7) is 5.25. The lowest BCUT2D eigenvalue weighted by Gasteiger charge is -2.15. The van der Waals surface area contributed by atoms with Gasteiger partial charge in [-0.05, 0) is 12.3 Å². The average Bonchev–Trinajstić information content (AvgIpc) is 2.75. The highest BCUT2D eigenvalue weighted by Crippen LogP contribution is 2.11. The second-order valence-electron chi connectivity index (χ2n) is 4.52. The molecule has 0 aromatic carbocycles. The fourth-order valence-corrected chi connectivity index (χ4v) is 1.79. The van der Waals surface area contributed by atoms with Crippen molar-refractivity contribution in [1.29, 1.82) is 0 Å². The van der Waals surface area contributed by atoms with Gasteiger partial charge in [-0.1, -0.05) is 33.1 Å². The molecule has 0 radical (unpaired) electrons. The molecule has 1 heterocycles. The summed E-state index contributed by atoms with van der Waals surface area (Å²) in [5, 5.41) is 6.80. The monoisotopic (exact) mass is 253 g/mol. The minimum Gasteiger partial charge on any atom is -0.367 e. The topological polar surface area (TPSA) is 85.8 Å². The highest BCUT2D eigenvalue weighted by atomic mass is 16.2. The quantitative estimate of drug-likeness (QED) is 0.728. The molecule has 18 heavy (non-hydrogen) atoms. The number of nitrogen functional groups attached to an aromatic ring is 1. The first-order valence-corrected chi connectivity index (χ1v) is 6.57. The van der Waals surface area contributed by atoms with Crippen LogP contribution in [0.15, 0.2) is 6.33 Å². The molecule has 6 heteroatoms. The van der Waals surface area contributed by atoms with E-state index in [1.165, 1.54) is 30.3 Å². The number of nitrogens with zero attached hydrogens (tertiary/aromatic N) is 3. The van der Waals surface area contributed by atoms with Gasteiger partial charge in [0.25, 0.3) is 0 Å². The molecule has 3 N–H and O–H groups in total. The summed E-state index contributed by atoms with van der Waals surface area (Å²) < 4.78 is 1.44. The van der Waals surface area contributed by atoms with Crippen LogP contribution in [0.3, 0.4) is 0 Å². The van der Waals surface area contributed by atoms with Crippen molar-refractivity contribution in [1.82, 2.24) is 20.1 Å². The van der Waals surface area contributed by atoms with Gasteiger partial charge in [-0.15, -0.1) is 5.10 Å². The van der Waals surface area contributed by atoms with Gasteiger partial charge in [-0.2, -0.15) is 0 Å². The lowest BCUT2D eigenvalue weighted by Crippen LogP contribution is -2.32. The molecule has 0 aliphatic heterocycles. The van der Waals surface area contributed by atoms with E-state index in [2.05, 4.69) is 29.2 Å². The maximum absolute atomic E-state index is 11.7. The van der Waals surface area contributed by atoms with E-state index in [9.17, 15) is 4.79 Å². The maximum atomic E-state index is 11.7. The molecule has 1 aromatic heterocycles. The lowest BCUT2D eigenvalue weighted by atomic mass is 9.99. The molecule has 0 saturated heterocycles. The van der Waals surface area contributed by atoms with Crippen LogP contribution >= 0.6 is 0 Å². The van der Waals surface area contributed by atoms with E-state index >= 15 is 0 Å². The number of rotatable bonds is 8. The van der Waals surface area contributed by atoms with Crippen molar-refractivity contribution >= 4 is 11.9 Å². The summed E-state index contributed by atoms with van der Waals surface area (Å²) >= 11 is 0. The number of aromatic nitrogens is 3. The Morgan fingerprint density at radius 3 is 2.89 bits per heavy atom. The van der Waals surface area contributed by atoms with Crippen LogP contribution in [-0.2, 0) is 11.3 Å². The zero-order valence-corrected chi connectivity index (χ0v) is 11.2. The van der Waals surface area contributed by atoms with Crippen molar-refractivity contribution in [2.24, 2.45) is 5.92 Å². The molecule has 6 nitrogen and oxygen atoms in total. The largest absolute Gasteiger partial charge is 0.367 e. The van der Waals surface area contributed by atoms with Crippen LogP contribution in [-0.4, -0.2) is 27.2 Å². The molecule has 1 atom stereocenters. The Hall–Kier alpha value is -1.59. The van der Waals surface area contributed by atoms with Gasteiger partial charge >= 0.3 is 0 Å². The van der Waals surface area contributed by atoms with Crippen LogP contribution in [0.4, 0.5) is 5.95 Å². The van der Waals surface area contributed by atoms with E-state index in [0.717, 1.165) is 13.0 Å². The van der Waals surface area contributed by atoms with Gasteiger partial charge < -0.3 is 11.1 Å². The minimum absolute atomic E-state index is 0.0464. The standard InChI is InChI=1S/C12H23N5O/c1-3-5-6-10(4-2)7-14-11(18)8-17-9-15-12(13)16-17/h9-10H,3-8H2,1-2H3,(H2,13,16)(H,14,18). The maximum Gasteiger partial charge on any atom is 0.241 e. The molecule has 1 unspecified atom stereocenters. The van der Waals surface area contributed by atoms with Crippen LogP contribution in [0, 0.1) is 5.92 Å². The number of nitrogens with two attached hydrogens (primary N) is 1. The van der Waals surface area contributed by atoms with Crippen molar-refractivity contribution in [3.63, 3.8) is 0 Å². The van der Waals surface area contributed by atoms with Crippen LogP contribution in [0.25, 0.3) is 0 Å². The fraction of sp³-hybridized carbons (Fsp3) is 0.750. The third-order valence-corrected chi connectivity index (χ3v) is 2.99. The summed E-state index contributed by atoms with van der Waals surface area (Å²) in [6, 6.07) is 0. The van der Waals surface area contributed by atoms with Crippen LogP contribution < -0.4 is 11.1 Å². The van der Waals surface area contributed by atoms with E-state index in [0.29, 0.717) is 5.92 Å². The van der Waals surface area contributed by atoms with E-state index < -0.39 is 0 Å². The van der Waals surface area contributed by atoms with Crippen molar-refractivity contribution in [3.8, 4) is 0 Å². The second kappa shape index (κ2) is 7.68. The first-order valence-electron chi connectivity index (χ1n) is 6.57. The SMILES string of the molecule is CCCCC(CC)CNC(=O)Cn1cnc(N)n1. The second-order valence-corrected chi connectivity index (χ2v) is 4.52. The molecule has 0 aliphatic rings. The van der Waals surface area contributed by atoms with Gasteiger partial charge in [0.05, 0.1) is 0 Å². The van der Waals surface area contributed by atoms with Crippen molar-refractivity contribution in [2.45, 2.75) is 46.1 Å². The highest BCUT2D eigenvalue weighted by molar-refractivity contribution is 5.75. The first-order chi connectivity index (χ1) is 8.65. The predicted molar refractivity (Wildman–Crippen MR) is 70.8 cm³/mol. The van der Waals surface area contributed by atoms with Crippen molar-refractivity contribution in [3.05, 3.63) is 6.33 Å². The van der Waals surface area contributed by atoms with Crippen molar-refractivity contribution in [2.75, 3.05) is 12.3 Å². The summed E-state index contributed by atoms with van der Waals surface area (Å²) in [7, 11) is 0. The average molecular weight is 253 g/mol. The Morgan fingerprint density at radius 2 is 2.33 bits per heavy atom. The number of anilines is 1. The van der Waals surface area contributed by atoms with Gasteiger partial charge in [0, 0.05) is 6.54 Å². The predicted octanol–water partition coefficient (Wildman–Crippen LogP) is 1.19. The Labute approximate surface area is 108 Å². The third kappa shape index (κ3) is 5.16. The molecule has 0 fully saturated rings. The van der Waals surface area contributed by atoms with Crippen LogP contribution in [0.1, 0.15) is 39.5 Å². The number of nitrogens with one attached hydrogen (secondary N) is 1. The molecule has 1 amide bonds. The molecule has 0 aliphatic carbocycles. The van der Waals surface area contributed by atoms with Gasteiger partial charge in [-0.25, -0.2) is 9.67 Å². The zero-order valence-electron chi connectivity index (χ0n) is 11.2. The van der Waals surface area contributed by atoms with E-state index in [1.54, 1.807) is 0 Å².